The van der Waals surface area contributed by atoms with Gasteiger partial charge in [-0.25, -0.2) is 0 Å². The number of aryl methyl sites for hydroxylation is 1. The number of allylic oxidation sites excluding steroid dienone is 1. The van der Waals surface area contributed by atoms with Crippen LogP contribution in [0.5, 0.6) is 0 Å². The second-order valence-corrected chi connectivity index (χ2v) is 23.7. The zero-order valence-corrected chi connectivity index (χ0v) is 56.2. The first-order valence-corrected chi connectivity index (χ1v) is 32.2. The lowest BCUT2D eigenvalue weighted by Gasteiger charge is -2.48. The minimum Gasteiger partial charge on any atom is -0.498 e. The first-order chi connectivity index (χ1) is 38.7. The highest BCUT2D eigenvalue weighted by Gasteiger charge is 2.45. The van der Waals surface area contributed by atoms with E-state index < -0.39 is 12.2 Å². The van der Waals surface area contributed by atoms with E-state index in [0.29, 0.717) is 73.0 Å². The molecule has 5 rings (SSSR count). The number of aliphatic hydroxyl groups excluding tert-OH is 2. The minimum absolute atomic E-state index is 0.0604. The maximum Gasteiger partial charge on any atom is 0.117 e. The van der Waals surface area contributed by atoms with E-state index in [2.05, 4.69) is 170 Å². The number of rotatable bonds is 17. The zero-order valence-electron chi connectivity index (χ0n) is 56.2. The van der Waals surface area contributed by atoms with Gasteiger partial charge in [-0.3, -0.25) is 9.99 Å². The molecule has 1 aromatic carbocycles. The topological polar surface area (TPSA) is 128 Å². The van der Waals surface area contributed by atoms with Crippen molar-refractivity contribution in [2.24, 2.45) is 74.2 Å². The summed E-state index contributed by atoms with van der Waals surface area (Å²) in [6, 6.07) is 13.2. The molecule has 1 saturated carbocycles. The number of nitrogens with zero attached hydrogens (tertiary/aromatic N) is 7. The van der Waals surface area contributed by atoms with Crippen molar-refractivity contribution in [3.8, 4) is 11.1 Å². The van der Waals surface area contributed by atoms with Crippen LogP contribution < -0.4 is 0 Å². The Labute approximate surface area is 499 Å². The Bertz CT molecular complexity index is 1930. The molecule has 12 heteroatoms. The molecule has 0 bridgehead atoms. The lowest BCUT2D eigenvalue weighted by atomic mass is 9.62. The van der Waals surface area contributed by atoms with Crippen LogP contribution in [0.15, 0.2) is 88.9 Å². The molecule has 15 atom stereocenters. The number of benzene rings is 1. The Hall–Kier alpha value is -3.68. The monoisotopic (exact) mass is 1130 g/mol. The van der Waals surface area contributed by atoms with Crippen molar-refractivity contribution in [2.45, 2.75) is 232 Å². The molecule has 2 N–H and O–H groups in total. The van der Waals surface area contributed by atoms with Crippen LogP contribution in [0.1, 0.15) is 195 Å². The van der Waals surface area contributed by atoms with Crippen molar-refractivity contribution in [1.29, 1.82) is 0 Å². The van der Waals surface area contributed by atoms with Crippen LogP contribution in [0.2, 0.25) is 0 Å². The number of ether oxygens (including phenoxy) is 2. The van der Waals surface area contributed by atoms with Crippen molar-refractivity contribution < 1.29 is 24.5 Å². The van der Waals surface area contributed by atoms with Gasteiger partial charge >= 0.3 is 0 Å². The molecule has 0 spiro atoms. The van der Waals surface area contributed by atoms with Crippen LogP contribution in [0, 0.1) is 58.7 Å². The number of aromatic nitrogens is 1. The van der Waals surface area contributed by atoms with Gasteiger partial charge in [0.1, 0.15) is 6.61 Å². The van der Waals surface area contributed by atoms with Crippen LogP contribution >= 0.6 is 0 Å². The zero-order chi connectivity index (χ0) is 61.8. The molecule has 8 unspecified atom stereocenters. The molecule has 2 saturated heterocycles. The van der Waals surface area contributed by atoms with Crippen molar-refractivity contribution in [3.05, 3.63) is 79.0 Å². The summed E-state index contributed by atoms with van der Waals surface area (Å²) in [6.07, 6.45) is 17.1. The van der Waals surface area contributed by atoms with Crippen molar-refractivity contribution >= 4 is 6.72 Å². The standard InChI is InChI=1S/C46H87N5O4.C15H16N2O.4C2H6/c1-16-51(48-47-13)21-18-17-20-49(14)43-25-30(2)24-39(34(43)6)26-41-32(4)23-31(3)29-50(15)36(8)44(52)19-22-54-37(9)33(5)42(35(41)7)27-40-28-46(11,12)45(53)38(10)55-40;1-16-18-11-3-4-13-6-8-14(9-7-13)15-5-2-10-17-12-15;4*1-2/h18,21,30-36,38-45,52-53H,9,16-17,19-20,22-29H2,1-8,10-15H3;2,5-10,12H,1,3-4,11H2;4*1-2H3/b21-18+,48-47?;;;;;/t30?,31-,32+,33?,34?,35-,36?,38?,39?,40+,41+,42-,43?,44?,45+;;;;;/m1...../s1. The molecule has 0 amide bonds. The summed E-state index contributed by atoms with van der Waals surface area (Å²) in [5.41, 5.74) is 3.43. The third-order valence-corrected chi connectivity index (χ3v) is 17.5. The number of aliphatic hydroxyl groups is 2. The highest BCUT2D eigenvalue weighted by atomic mass is 16.6. The summed E-state index contributed by atoms with van der Waals surface area (Å²) < 4.78 is 13.1. The Kier molecular flexibility index (Phi) is 41.1. The van der Waals surface area contributed by atoms with Crippen LogP contribution in [-0.2, 0) is 20.7 Å². The molecule has 0 radical (unpaired) electrons. The van der Waals surface area contributed by atoms with E-state index in [1.165, 1.54) is 30.4 Å². The molecular formula is C69H127N7O5. The number of pyridine rings is 1. The van der Waals surface area contributed by atoms with E-state index in [1.54, 1.807) is 13.2 Å². The van der Waals surface area contributed by atoms with Gasteiger partial charge in [-0.15, -0.1) is 5.16 Å². The second kappa shape index (κ2) is 43.0. The summed E-state index contributed by atoms with van der Waals surface area (Å²) in [6.45, 7) is 53.2. The lowest BCUT2D eigenvalue weighted by Crippen LogP contribution is -2.49. The van der Waals surface area contributed by atoms with Gasteiger partial charge < -0.3 is 34.3 Å². The molecule has 3 aliphatic rings. The maximum atomic E-state index is 11.1. The van der Waals surface area contributed by atoms with E-state index in [1.807, 2.05) is 79.6 Å². The Morgan fingerprint density at radius 1 is 0.864 bits per heavy atom. The molecule has 1 aromatic heterocycles. The Balaban J connectivity index is 0.00000204. The van der Waals surface area contributed by atoms with Gasteiger partial charge in [-0.1, -0.05) is 159 Å². The fourth-order valence-corrected chi connectivity index (χ4v) is 12.9. The third kappa shape index (κ3) is 26.8. The Morgan fingerprint density at radius 2 is 1.52 bits per heavy atom. The summed E-state index contributed by atoms with van der Waals surface area (Å²) in [4.78, 5) is 14.0. The molecule has 3 heterocycles. The Morgan fingerprint density at radius 3 is 2.10 bits per heavy atom. The van der Waals surface area contributed by atoms with Gasteiger partial charge in [-0.05, 0) is 168 Å². The predicted molar refractivity (Wildman–Crippen MR) is 347 cm³/mol. The van der Waals surface area contributed by atoms with E-state index in [4.69, 9.17) is 14.3 Å². The summed E-state index contributed by atoms with van der Waals surface area (Å²) >= 11 is 0. The molecule has 2 aromatic rings. The first kappa shape index (κ1) is 77.3. The second-order valence-electron chi connectivity index (χ2n) is 23.7. The molecule has 468 valence electrons. The van der Waals surface area contributed by atoms with Crippen LogP contribution in [0.4, 0.5) is 0 Å². The van der Waals surface area contributed by atoms with Crippen molar-refractivity contribution in [1.82, 2.24) is 19.8 Å². The van der Waals surface area contributed by atoms with E-state index in [0.717, 1.165) is 69.5 Å². The number of oxime groups is 1. The average molecular weight is 1130 g/mol. The highest BCUT2D eigenvalue weighted by molar-refractivity contribution is 5.62. The van der Waals surface area contributed by atoms with Gasteiger partial charge in [0, 0.05) is 69.4 Å². The molecule has 3 fully saturated rings. The molecule has 1 aliphatic carbocycles. The average Bonchev–Trinajstić information content (AvgIpc) is 3.54. The highest BCUT2D eigenvalue weighted by Crippen LogP contribution is 2.48. The molecule has 2 aliphatic heterocycles. The van der Waals surface area contributed by atoms with Crippen LogP contribution in [-0.4, -0.2) is 127 Å². The number of likely N-dealkylation sites (N-methyl/N-ethyl adjacent to an activating group) is 1. The molecule has 81 heavy (non-hydrogen) atoms. The van der Waals surface area contributed by atoms with Crippen molar-refractivity contribution in [2.75, 3.05) is 54.0 Å². The first-order valence-electron chi connectivity index (χ1n) is 32.2. The molecular weight excluding hydrogens is 1010 g/mol. The fourth-order valence-electron chi connectivity index (χ4n) is 12.9. The number of hydrogen-bond acceptors (Lipinski definition) is 11. The normalized spacial score (nSPS) is 30.1. The van der Waals surface area contributed by atoms with Gasteiger partial charge in [-0.2, -0.15) is 5.11 Å². The van der Waals surface area contributed by atoms with E-state index in [9.17, 15) is 10.2 Å². The fraction of sp³-hybridized carbons (Fsp3) is 0.768. The van der Waals surface area contributed by atoms with E-state index >= 15 is 0 Å². The van der Waals surface area contributed by atoms with Crippen LogP contribution in [0.3, 0.4) is 0 Å². The van der Waals surface area contributed by atoms with Gasteiger partial charge in [0.15, 0.2) is 0 Å². The molecule has 12 nitrogen and oxygen atoms in total. The largest absolute Gasteiger partial charge is 0.498 e. The van der Waals surface area contributed by atoms with Gasteiger partial charge in [0.25, 0.3) is 0 Å². The number of hydrogen-bond donors (Lipinski definition) is 2. The lowest BCUT2D eigenvalue weighted by molar-refractivity contribution is -0.172. The van der Waals surface area contributed by atoms with Crippen molar-refractivity contribution in [3.63, 3.8) is 0 Å². The quantitative estimate of drug-likeness (QED) is 0.0689. The predicted octanol–water partition coefficient (Wildman–Crippen LogP) is 16.7. The summed E-state index contributed by atoms with van der Waals surface area (Å²) in [5, 5.41) is 35.5. The third-order valence-electron chi connectivity index (χ3n) is 17.5. The maximum absolute atomic E-state index is 11.1. The van der Waals surface area contributed by atoms with Crippen LogP contribution in [0.25, 0.3) is 11.1 Å². The van der Waals surface area contributed by atoms with Gasteiger partial charge in [0.05, 0.1) is 43.8 Å². The summed E-state index contributed by atoms with van der Waals surface area (Å²) in [5.74, 6) is 5.21. The smallest absolute Gasteiger partial charge is 0.117 e. The van der Waals surface area contributed by atoms with Gasteiger partial charge in [0.2, 0.25) is 0 Å². The minimum atomic E-state index is -0.471. The SMILES string of the molecule is C=C1OCCC(O)C(C)N(C)C[C@H](C)C[C@H](C)[C@H](CC2CC(C)CC(N(C)CC/C=C/N(CC)N=NC)C2C)[C@@H](C)[C@H](C[C@H]2CC(C)(C)[C@@H](O)C(C)O2)C1C.C=NOCCCc1ccc(-c2cccnc2)cc1.CC.CC.CC.CC. The summed E-state index contributed by atoms with van der Waals surface area (Å²) in [7, 11) is 6.23. The van der Waals surface area contributed by atoms with E-state index in [-0.39, 0.29) is 29.6 Å².